The van der Waals surface area contributed by atoms with E-state index in [2.05, 4.69) is 20.7 Å². The largest absolute Gasteiger partial charge is 0.495 e. The highest BCUT2D eigenvalue weighted by molar-refractivity contribution is 7.89. The molecule has 0 unspecified atom stereocenters. The highest BCUT2D eigenvalue weighted by Crippen LogP contribution is 2.29. The molecule has 3 rings (SSSR count). The summed E-state index contributed by atoms with van der Waals surface area (Å²) < 4.78 is 31.5. The van der Waals surface area contributed by atoms with Crippen molar-refractivity contribution in [1.29, 1.82) is 0 Å². The molecule has 170 valence electrons. The van der Waals surface area contributed by atoms with E-state index in [1.165, 1.54) is 38.1 Å². The van der Waals surface area contributed by atoms with Crippen LogP contribution in [0.1, 0.15) is 19.4 Å². The van der Waals surface area contributed by atoms with Crippen LogP contribution in [0.25, 0.3) is 11.4 Å². The van der Waals surface area contributed by atoms with Crippen molar-refractivity contribution >= 4 is 33.2 Å². The van der Waals surface area contributed by atoms with Crippen LogP contribution >= 0.6 is 11.6 Å². The van der Waals surface area contributed by atoms with E-state index in [0.29, 0.717) is 28.5 Å². The van der Waals surface area contributed by atoms with Gasteiger partial charge in [-0.05, 0) is 54.1 Å². The molecule has 12 heteroatoms. The van der Waals surface area contributed by atoms with Crippen LogP contribution in [0.4, 0.5) is 5.69 Å². The van der Waals surface area contributed by atoms with E-state index in [4.69, 9.17) is 16.3 Å². The Morgan fingerprint density at radius 2 is 1.91 bits per heavy atom. The molecule has 1 heterocycles. The molecule has 0 aliphatic rings. The molecule has 0 saturated heterocycles. The van der Waals surface area contributed by atoms with Crippen LogP contribution in [-0.4, -0.2) is 60.0 Å². The Balaban J connectivity index is 1.85. The van der Waals surface area contributed by atoms with Crippen LogP contribution in [0.15, 0.2) is 47.4 Å². The number of methoxy groups -OCH3 is 1. The Bertz CT molecular complexity index is 1210. The lowest BCUT2D eigenvalue weighted by Gasteiger charge is -2.17. The van der Waals surface area contributed by atoms with Gasteiger partial charge >= 0.3 is 0 Å². The number of nitrogens with one attached hydrogen (secondary N) is 1. The first-order valence-electron chi connectivity index (χ1n) is 9.64. The lowest BCUT2D eigenvalue weighted by atomic mass is 10.2. The maximum atomic E-state index is 12.9. The quantitative estimate of drug-likeness (QED) is 0.528. The molecule has 0 aliphatic carbocycles. The summed E-state index contributed by atoms with van der Waals surface area (Å²) in [5.41, 5.74) is 1.01. The fraction of sp³-hybridized carbons (Fsp3) is 0.300. The van der Waals surface area contributed by atoms with E-state index in [0.717, 1.165) is 4.31 Å². The first-order chi connectivity index (χ1) is 15.2. The van der Waals surface area contributed by atoms with Gasteiger partial charge in [0.15, 0.2) is 6.04 Å². The van der Waals surface area contributed by atoms with Crippen molar-refractivity contribution in [2.24, 2.45) is 0 Å². The van der Waals surface area contributed by atoms with Gasteiger partial charge in [-0.15, -0.1) is 10.2 Å². The van der Waals surface area contributed by atoms with Gasteiger partial charge in [0.05, 0.1) is 7.11 Å². The zero-order valence-electron chi connectivity index (χ0n) is 18.0. The number of anilines is 1. The fourth-order valence-electron chi connectivity index (χ4n) is 2.90. The van der Waals surface area contributed by atoms with Gasteiger partial charge in [-0.2, -0.15) is 4.80 Å². The molecular formula is C20H23ClN6O4S. The number of nitrogens with zero attached hydrogens (tertiary/aromatic N) is 5. The van der Waals surface area contributed by atoms with Crippen molar-refractivity contribution in [3.8, 4) is 17.1 Å². The highest BCUT2D eigenvalue weighted by atomic mass is 35.5. The maximum absolute atomic E-state index is 12.9. The number of amides is 1. The van der Waals surface area contributed by atoms with E-state index < -0.39 is 22.0 Å². The van der Waals surface area contributed by atoms with E-state index in [9.17, 15) is 13.2 Å². The molecule has 0 fully saturated rings. The average molecular weight is 479 g/mol. The summed E-state index contributed by atoms with van der Waals surface area (Å²) >= 11 is 5.91. The first-order valence-corrected chi connectivity index (χ1v) is 11.5. The van der Waals surface area contributed by atoms with Crippen LogP contribution in [0.2, 0.25) is 5.02 Å². The number of tetrazole rings is 1. The Morgan fingerprint density at radius 3 is 2.50 bits per heavy atom. The standard InChI is InChI=1S/C20H23ClN6O4S/c1-5-16(27-24-19(23-25-27)13-6-8-14(21)9-7-13)20(28)22-15-10-11-17(31-4)18(12-15)32(29,30)26(2)3/h6-12,16H,5H2,1-4H3,(H,22,28)/t16-/m1/s1. The topological polar surface area (TPSA) is 119 Å². The minimum absolute atomic E-state index is 0.0558. The summed E-state index contributed by atoms with van der Waals surface area (Å²) in [4.78, 5) is 14.1. The number of hydrogen-bond donors (Lipinski definition) is 1. The smallest absolute Gasteiger partial charge is 0.251 e. The van der Waals surface area contributed by atoms with Crippen molar-refractivity contribution in [2.75, 3.05) is 26.5 Å². The molecule has 0 spiro atoms. The Labute approximate surface area is 191 Å². The Hall–Kier alpha value is -3.02. The van der Waals surface area contributed by atoms with Gasteiger partial charge in [-0.25, -0.2) is 12.7 Å². The summed E-state index contributed by atoms with van der Waals surface area (Å²) in [7, 11) is 0.437. The molecule has 1 N–H and O–H groups in total. The summed E-state index contributed by atoms with van der Waals surface area (Å²) in [5, 5.41) is 15.7. The van der Waals surface area contributed by atoms with Gasteiger partial charge in [0.2, 0.25) is 15.8 Å². The van der Waals surface area contributed by atoms with Gasteiger partial charge in [-0.1, -0.05) is 18.5 Å². The molecule has 0 saturated carbocycles. The Morgan fingerprint density at radius 1 is 1.22 bits per heavy atom. The molecule has 0 bridgehead atoms. The highest BCUT2D eigenvalue weighted by Gasteiger charge is 2.25. The molecule has 2 aromatic carbocycles. The number of benzene rings is 2. The minimum Gasteiger partial charge on any atom is -0.495 e. The third-order valence-corrected chi connectivity index (χ3v) is 6.78. The van der Waals surface area contributed by atoms with Crippen LogP contribution in [0.5, 0.6) is 5.75 Å². The maximum Gasteiger partial charge on any atom is 0.251 e. The van der Waals surface area contributed by atoms with Crippen LogP contribution in [0.3, 0.4) is 0 Å². The number of carbonyl (C=O) groups excluding carboxylic acids is 1. The number of ether oxygens (including phenoxy) is 1. The van der Waals surface area contributed by atoms with Crippen LogP contribution in [-0.2, 0) is 14.8 Å². The summed E-state index contributed by atoms with van der Waals surface area (Å²) in [6.45, 7) is 1.81. The summed E-state index contributed by atoms with van der Waals surface area (Å²) in [6.07, 6.45) is 0.390. The zero-order chi connectivity index (χ0) is 23.5. The molecule has 32 heavy (non-hydrogen) atoms. The molecule has 1 atom stereocenters. The third kappa shape index (κ3) is 4.90. The molecule has 1 amide bonds. The van der Waals surface area contributed by atoms with Crippen LogP contribution in [0, 0.1) is 0 Å². The van der Waals surface area contributed by atoms with E-state index >= 15 is 0 Å². The molecular weight excluding hydrogens is 456 g/mol. The van der Waals surface area contributed by atoms with Crippen molar-refractivity contribution in [2.45, 2.75) is 24.3 Å². The van der Waals surface area contributed by atoms with Crippen LogP contribution < -0.4 is 10.1 Å². The van der Waals surface area contributed by atoms with Gasteiger partial charge in [0.1, 0.15) is 10.6 Å². The van der Waals surface area contributed by atoms with Crippen molar-refractivity contribution in [3.05, 3.63) is 47.5 Å². The van der Waals surface area contributed by atoms with Gasteiger partial charge in [0, 0.05) is 30.4 Å². The third-order valence-electron chi connectivity index (χ3n) is 4.69. The van der Waals surface area contributed by atoms with Crippen molar-refractivity contribution < 1.29 is 17.9 Å². The van der Waals surface area contributed by atoms with E-state index in [1.807, 2.05) is 6.92 Å². The molecule has 0 radical (unpaired) electrons. The number of rotatable bonds is 8. The predicted octanol–water partition coefficient (Wildman–Crippen LogP) is 2.84. The Kier molecular flexibility index (Phi) is 7.12. The monoisotopic (exact) mass is 478 g/mol. The number of carbonyl (C=O) groups is 1. The molecule has 10 nitrogen and oxygen atoms in total. The lowest BCUT2D eigenvalue weighted by molar-refractivity contribution is -0.120. The minimum atomic E-state index is -3.78. The van der Waals surface area contributed by atoms with E-state index in [-0.39, 0.29) is 10.6 Å². The normalized spacial score (nSPS) is 12.6. The second-order valence-electron chi connectivity index (χ2n) is 7.01. The first kappa shape index (κ1) is 23.6. The molecule has 0 aliphatic heterocycles. The van der Waals surface area contributed by atoms with Crippen molar-refractivity contribution in [1.82, 2.24) is 24.5 Å². The molecule has 1 aromatic heterocycles. The zero-order valence-corrected chi connectivity index (χ0v) is 19.6. The number of hydrogen-bond acceptors (Lipinski definition) is 7. The number of halogens is 1. The number of sulfonamides is 1. The van der Waals surface area contributed by atoms with Gasteiger partial charge in [-0.3, -0.25) is 4.79 Å². The van der Waals surface area contributed by atoms with Gasteiger partial charge in [0.25, 0.3) is 5.91 Å². The van der Waals surface area contributed by atoms with Crippen molar-refractivity contribution in [3.63, 3.8) is 0 Å². The second kappa shape index (κ2) is 9.63. The predicted molar refractivity (Wildman–Crippen MR) is 120 cm³/mol. The van der Waals surface area contributed by atoms with E-state index in [1.54, 1.807) is 30.3 Å². The second-order valence-corrected chi connectivity index (χ2v) is 9.56. The number of aromatic nitrogens is 4. The SMILES string of the molecule is CC[C@H](C(=O)Nc1ccc(OC)c(S(=O)(=O)N(C)C)c1)n1nnc(-c2ccc(Cl)cc2)n1. The lowest BCUT2D eigenvalue weighted by Crippen LogP contribution is -2.27. The fourth-order valence-corrected chi connectivity index (χ4v) is 4.10. The summed E-state index contributed by atoms with van der Waals surface area (Å²) in [5.74, 6) is 0.122. The van der Waals surface area contributed by atoms with Gasteiger partial charge < -0.3 is 10.1 Å². The molecule has 3 aromatic rings. The summed E-state index contributed by atoms with van der Waals surface area (Å²) in [6, 6.07) is 10.6. The average Bonchev–Trinajstić information content (AvgIpc) is 3.24.